The Bertz CT molecular complexity index is 686. The number of amides is 1. The first-order valence-electron chi connectivity index (χ1n) is 8.62. The fourth-order valence-corrected chi connectivity index (χ4v) is 3.35. The third-order valence-corrected chi connectivity index (χ3v) is 4.53. The summed E-state index contributed by atoms with van der Waals surface area (Å²) in [5.74, 6) is 0.259. The molecule has 0 saturated carbocycles. The molecule has 3 nitrogen and oxygen atoms in total. The van der Waals surface area contributed by atoms with Crippen LogP contribution in [0.1, 0.15) is 31.9 Å². The zero-order chi connectivity index (χ0) is 18.2. The second-order valence-electron chi connectivity index (χ2n) is 6.52. The maximum atomic E-state index is 12.3. The van der Waals surface area contributed by atoms with Crippen LogP contribution in [0.5, 0.6) is 0 Å². The van der Waals surface area contributed by atoms with E-state index in [1.165, 1.54) is 5.56 Å². The predicted molar refractivity (Wildman–Crippen MR) is 107 cm³/mol. The van der Waals surface area contributed by atoms with Gasteiger partial charge in [-0.15, -0.1) is 0 Å². The Balaban J connectivity index is 2.12. The molecule has 1 N–H and O–H groups in total. The van der Waals surface area contributed by atoms with Crippen molar-refractivity contribution < 1.29 is 4.79 Å². The normalized spacial score (nSPS) is 11.8. The number of carbonyl (C=O) groups is 1. The van der Waals surface area contributed by atoms with Crippen molar-refractivity contribution in [3.8, 4) is 0 Å². The van der Waals surface area contributed by atoms with Crippen LogP contribution in [-0.2, 0) is 17.9 Å². The van der Waals surface area contributed by atoms with E-state index in [0.29, 0.717) is 18.1 Å². The minimum Gasteiger partial charge on any atom is -0.374 e. The van der Waals surface area contributed by atoms with Crippen LogP contribution in [0.2, 0.25) is 0 Å². The smallest absolute Gasteiger partial charge is 0.220 e. The molecule has 0 radical (unpaired) electrons. The molecule has 0 fully saturated rings. The van der Waals surface area contributed by atoms with E-state index in [1.807, 2.05) is 53.4 Å². The molecule has 0 bridgehead atoms. The van der Waals surface area contributed by atoms with Gasteiger partial charge in [0.05, 0.1) is 11.0 Å². The average Bonchev–Trinajstić information content (AvgIpc) is 2.61. The Hall–Kier alpha value is -2.20. The van der Waals surface area contributed by atoms with Crippen LogP contribution in [-0.4, -0.2) is 21.8 Å². The third-order valence-electron chi connectivity index (χ3n) is 4.15. The van der Waals surface area contributed by atoms with E-state index in [9.17, 15) is 4.79 Å². The molecule has 0 heterocycles. The van der Waals surface area contributed by atoms with Crippen LogP contribution >= 0.6 is 12.2 Å². The predicted octanol–water partition coefficient (Wildman–Crippen LogP) is 4.18. The van der Waals surface area contributed by atoms with Crippen molar-refractivity contribution >= 4 is 23.1 Å². The van der Waals surface area contributed by atoms with Crippen molar-refractivity contribution in [2.75, 3.05) is 0 Å². The van der Waals surface area contributed by atoms with E-state index in [1.54, 1.807) is 6.92 Å². The highest BCUT2D eigenvalue weighted by atomic mass is 32.1. The van der Waals surface area contributed by atoms with Gasteiger partial charge in [0.1, 0.15) is 0 Å². The molecule has 0 unspecified atom stereocenters. The molecule has 1 atom stereocenters. The molecule has 0 aromatic heterocycles. The molecule has 0 aliphatic rings. The minimum atomic E-state index is -0.128. The Morgan fingerprint density at radius 2 is 1.52 bits per heavy atom. The summed E-state index contributed by atoms with van der Waals surface area (Å²) < 4.78 is 0. The van der Waals surface area contributed by atoms with Crippen molar-refractivity contribution in [2.24, 2.45) is 5.92 Å². The van der Waals surface area contributed by atoms with Crippen molar-refractivity contribution in [2.45, 2.75) is 39.9 Å². The summed E-state index contributed by atoms with van der Waals surface area (Å²) in [7, 11) is 0. The fourth-order valence-electron chi connectivity index (χ4n) is 2.88. The average molecular weight is 355 g/mol. The summed E-state index contributed by atoms with van der Waals surface area (Å²) in [6, 6.07) is 20.0. The van der Waals surface area contributed by atoms with Gasteiger partial charge in [0.15, 0.2) is 0 Å². The molecule has 0 aliphatic carbocycles. The lowest BCUT2D eigenvalue weighted by Crippen LogP contribution is -2.50. The lowest BCUT2D eigenvalue weighted by molar-refractivity contribution is -0.131. The highest BCUT2D eigenvalue weighted by molar-refractivity contribution is 7.80. The van der Waals surface area contributed by atoms with Gasteiger partial charge in [0.2, 0.25) is 5.91 Å². The van der Waals surface area contributed by atoms with Crippen molar-refractivity contribution in [1.82, 2.24) is 10.2 Å². The Labute approximate surface area is 156 Å². The molecule has 2 aromatic carbocycles. The number of rotatable bonds is 7. The maximum Gasteiger partial charge on any atom is 0.220 e. The van der Waals surface area contributed by atoms with Gasteiger partial charge >= 0.3 is 0 Å². The third kappa shape index (κ3) is 5.68. The summed E-state index contributed by atoms with van der Waals surface area (Å²) in [6.07, 6.45) is 0. The van der Waals surface area contributed by atoms with Gasteiger partial charge in [-0.1, -0.05) is 86.7 Å². The number of carbonyl (C=O) groups excluding carboxylic acids is 1. The molecular weight excluding hydrogens is 328 g/mol. The van der Waals surface area contributed by atoms with Crippen LogP contribution in [0, 0.1) is 5.92 Å². The molecule has 2 aromatic rings. The summed E-state index contributed by atoms with van der Waals surface area (Å²) in [6.45, 7) is 7.04. The van der Waals surface area contributed by atoms with Crippen LogP contribution < -0.4 is 5.32 Å². The van der Waals surface area contributed by atoms with Crippen LogP contribution in [0.3, 0.4) is 0 Å². The molecule has 0 saturated heterocycles. The summed E-state index contributed by atoms with van der Waals surface area (Å²) in [5, 5.41) is 3.34. The van der Waals surface area contributed by atoms with Gasteiger partial charge in [-0.25, -0.2) is 0 Å². The Kier molecular flexibility index (Phi) is 7.14. The minimum absolute atomic E-state index is 0.0337. The number of benzene rings is 2. The second-order valence-corrected chi connectivity index (χ2v) is 6.96. The number of hydrogen-bond donors (Lipinski definition) is 1. The number of nitrogens with zero attached hydrogens (tertiary/aromatic N) is 1. The molecule has 1 amide bonds. The van der Waals surface area contributed by atoms with Crippen LogP contribution in [0.4, 0.5) is 0 Å². The molecule has 0 spiro atoms. The van der Waals surface area contributed by atoms with E-state index < -0.39 is 0 Å². The van der Waals surface area contributed by atoms with Gasteiger partial charge < -0.3 is 10.2 Å². The van der Waals surface area contributed by atoms with Gasteiger partial charge in [-0.05, 0) is 17.0 Å². The molecular formula is C21H26N2OS. The van der Waals surface area contributed by atoms with E-state index in [2.05, 4.69) is 31.3 Å². The quantitative estimate of drug-likeness (QED) is 0.757. The number of thiocarbonyl (C=S) groups is 1. The molecule has 132 valence electrons. The fraction of sp³-hybridized carbons (Fsp3) is 0.333. The van der Waals surface area contributed by atoms with Crippen LogP contribution in [0.25, 0.3) is 0 Å². The van der Waals surface area contributed by atoms with Crippen molar-refractivity contribution in [3.63, 3.8) is 0 Å². The largest absolute Gasteiger partial charge is 0.374 e. The van der Waals surface area contributed by atoms with E-state index >= 15 is 0 Å². The zero-order valence-corrected chi connectivity index (χ0v) is 15.9. The van der Waals surface area contributed by atoms with Gasteiger partial charge in [-0.3, -0.25) is 4.79 Å². The van der Waals surface area contributed by atoms with Gasteiger partial charge in [-0.2, -0.15) is 0 Å². The Morgan fingerprint density at radius 1 is 1.00 bits per heavy atom. The lowest BCUT2D eigenvalue weighted by atomic mass is 10.0. The molecule has 4 heteroatoms. The highest BCUT2D eigenvalue weighted by Gasteiger charge is 2.28. The standard InChI is InChI=1S/C21H26N2OS/c1-16(2)20(21(25)22-14-18-10-6-4-7-11-18)23(17(3)24)15-19-12-8-5-9-13-19/h4-13,16,20H,14-15H2,1-3H3,(H,22,25)/t20-/m0/s1. The number of nitrogens with one attached hydrogen (secondary N) is 1. The van der Waals surface area contributed by atoms with Gasteiger partial charge in [0.25, 0.3) is 0 Å². The summed E-state index contributed by atoms with van der Waals surface area (Å²) >= 11 is 5.66. The zero-order valence-electron chi connectivity index (χ0n) is 15.1. The number of hydrogen-bond acceptors (Lipinski definition) is 2. The topological polar surface area (TPSA) is 32.3 Å². The summed E-state index contributed by atoms with van der Waals surface area (Å²) in [5.41, 5.74) is 2.28. The SMILES string of the molecule is CC(=O)N(Cc1ccccc1)[C@H](C(=S)NCc1ccccc1)C(C)C. The van der Waals surface area contributed by atoms with Gasteiger partial charge in [0, 0.05) is 20.0 Å². The van der Waals surface area contributed by atoms with E-state index in [4.69, 9.17) is 12.2 Å². The monoisotopic (exact) mass is 354 g/mol. The molecule has 0 aliphatic heterocycles. The summed E-state index contributed by atoms with van der Waals surface area (Å²) in [4.78, 5) is 14.9. The Morgan fingerprint density at radius 3 is 2.00 bits per heavy atom. The highest BCUT2D eigenvalue weighted by Crippen LogP contribution is 2.17. The first-order chi connectivity index (χ1) is 12.0. The molecule has 2 rings (SSSR count). The van der Waals surface area contributed by atoms with Crippen molar-refractivity contribution in [3.05, 3.63) is 71.8 Å². The lowest BCUT2D eigenvalue weighted by Gasteiger charge is -2.34. The second kappa shape index (κ2) is 9.33. The van der Waals surface area contributed by atoms with Crippen molar-refractivity contribution in [1.29, 1.82) is 0 Å². The van der Waals surface area contributed by atoms with E-state index in [0.717, 1.165) is 5.56 Å². The first kappa shape index (κ1) is 19.1. The van der Waals surface area contributed by atoms with E-state index in [-0.39, 0.29) is 17.9 Å². The maximum absolute atomic E-state index is 12.3. The first-order valence-corrected chi connectivity index (χ1v) is 9.02. The molecule has 25 heavy (non-hydrogen) atoms. The van der Waals surface area contributed by atoms with Crippen LogP contribution in [0.15, 0.2) is 60.7 Å².